The van der Waals surface area contributed by atoms with E-state index in [1.807, 2.05) is 6.92 Å². The Balaban J connectivity index is 2.32. The lowest BCUT2D eigenvalue weighted by molar-refractivity contribution is 0.0697. The van der Waals surface area contributed by atoms with Crippen LogP contribution in [-0.2, 0) is 0 Å². The van der Waals surface area contributed by atoms with E-state index in [4.69, 9.17) is 0 Å². The van der Waals surface area contributed by atoms with Crippen molar-refractivity contribution in [3.63, 3.8) is 0 Å². The van der Waals surface area contributed by atoms with Crippen LogP contribution in [0.25, 0.3) is 0 Å². The molecule has 0 bridgehead atoms. The maximum absolute atomic E-state index is 11.9. The molecule has 108 valence electrons. The average molecular weight is 275 g/mol. The smallest absolute Gasteiger partial charge is 0.337 e. The summed E-state index contributed by atoms with van der Waals surface area (Å²) in [5.41, 5.74) is 1.49. The van der Waals surface area contributed by atoms with E-state index in [-0.39, 0.29) is 11.3 Å². The zero-order valence-corrected chi connectivity index (χ0v) is 11.9. The molecule has 4 heteroatoms. The molecule has 1 aliphatic heterocycles. The molecule has 2 rings (SSSR count). The van der Waals surface area contributed by atoms with Gasteiger partial charge in [-0.25, -0.2) is 4.79 Å². The van der Waals surface area contributed by atoms with Crippen LogP contribution < -0.4 is 4.90 Å². The maximum atomic E-state index is 11.9. The van der Waals surface area contributed by atoms with Crippen LogP contribution >= 0.6 is 0 Å². The van der Waals surface area contributed by atoms with Crippen molar-refractivity contribution >= 4 is 17.4 Å². The molecular formula is C16H21NO3. The summed E-state index contributed by atoms with van der Waals surface area (Å²) >= 11 is 0. The number of hydrogen-bond acceptors (Lipinski definition) is 3. The van der Waals surface area contributed by atoms with Crippen LogP contribution in [0.5, 0.6) is 0 Å². The summed E-state index contributed by atoms with van der Waals surface area (Å²) in [6.07, 6.45) is 4.62. The number of anilines is 1. The highest BCUT2D eigenvalue weighted by atomic mass is 16.4. The van der Waals surface area contributed by atoms with Crippen molar-refractivity contribution in [2.75, 3.05) is 18.0 Å². The van der Waals surface area contributed by atoms with Crippen molar-refractivity contribution in [2.24, 2.45) is 0 Å². The molecule has 1 aromatic rings. The molecule has 20 heavy (non-hydrogen) atoms. The summed E-state index contributed by atoms with van der Waals surface area (Å²) in [6, 6.07) is 5.08. The predicted octanol–water partition coefficient (Wildman–Crippen LogP) is 3.36. The molecule has 1 heterocycles. The fourth-order valence-electron chi connectivity index (χ4n) is 2.66. The summed E-state index contributed by atoms with van der Waals surface area (Å²) in [5, 5.41) is 9.39. The van der Waals surface area contributed by atoms with Gasteiger partial charge in [-0.3, -0.25) is 4.79 Å². The van der Waals surface area contributed by atoms with E-state index in [0.29, 0.717) is 12.0 Å². The first kappa shape index (κ1) is 14.6. The van der Waals surface area contributed by atoms with Gasteiger partial charge in [0.05, 0.1) is 11.3 Å². The summed E-state index contributed by atoms with van der Waals surface area (Å²) in [6.45, 7) is 3.73. The number of hydrogen-bond donors (Lipinski definition) is 1. The molecule has 1 saturated heterocycles. The standard InChI is InChI=1S/C16H21NO3/c1-2-6-15(18)12-7-8-14(13(11-12)16(19)20)17-9-4-3-5-10-17/h7-8,11H,2-6,9-10H2,1H3,(H,19,20). The van der Waals surface area contributed by atoms with Crippen LogP contribution in [0.4, 0.5) is 5.69 Å². The number of carbonyl (C=O) groups excluding carboxylic acids is 1. The molecule has 0 amide bonds. The third-order valence-electron chi connectivity index (χ3n) is 3.72. The zero-order valence-electron chi connectivity index (χ0n) is 11.9. The van der Waals surface area contributed by atoms with Crippen LogP contribution in [0.1, 0.15) is 59.7 Å². The van der Waals surface area contributed by atoms with Gasteiger partial charge in [0.15, 0.2) is 5.78 Å². The zero-order chi connectivity index (χ0) is 14.5. The number of carboxylic acids is 1. The van der Waals surface area contributed by atoms with Crippen LogP contribution in [0.3, 0.4) is 0 Å². The van der Waals surface area contributed by atoms with E-state index >= 15 is 0 Å². The van der Waals surface area contributed by atoms with Crippen molar-refractivity contribution in [1.82, 2.24) is 0 Å². The molecule has 1 N–H and O–H groups in total. The number of nitrogens with zero attached hydrogens (tertiary/aromatic N) is 1. The second-order valence-corrected chi connectivity index (χ2v) is 5.26. The Morgan fingerprint density at radius 2 is 1.90 bits per heavy atom. The first-order chi connectivity index (χ1) is 9.63. The molecule has 0 unspecified atom stereocenters. The summed E-state index contributed by atoms with van der Waals surface area (Å²) < 4.78 is 0. The highest BCUT2D eigenvalue weighted by Gasteiger charge is 2.19. The van der Waals surface area contributed by atoms with Gasteiger partial charge in [0.2, 0.25) is 0 Å². The van der Waals surface area contributed by atoms with Crippen LogP contribution in [-0.4, -0.2) is 29.9 Å². The average Bonchev–Trinajstić information content (AvgIpc) is 2.47. The van der Waals surface area contributed by atoms with Gasteiger partial charge >= 0.3 is 5.97 Å². The van der Waals surface area contributed by atoms with Gasteiger partial charge in [-0.2, -0.15) is 0 Å². The van der Waals surface area contributed by atoms with Crippen molar-refractivity contribution < 1.29 is 14.7 Å². The fourth-order valence-corrected chi connectivity index (χ4v) is 2.66. The third-order valence-corrected chi connectivity index (χ3v) is 3.72. The topological polar surface area (TPSA) is 57.6 Å². The normalized spacial score (nSPS) is 15.2. The summed E-state index contributed by atoms with van der Waals surface area (Å²) in [7, 11) is 0. The number of Topliss-reactive ketones (excluding diaryl/α,β-unsaturated/α-hetero) is 1. The Bertz CT molecular complexity index is 504. The largest absolute Gasteiger partial charge is 0.478 e. The number of piperidine rings is 1. The summed E-state index contributed by atoms with van der Waals surface area (Å²) in [4.78, 5) is 25.5. The van der Waals surface area contributed by atoms with Gasteiger partial charge in [0, 0.05) is 25.1 Å². The van der Waals surface area contributed by atoms with Crippen molar-refractivity contribution in [3.05, 3.63) is 29.3 Å². The van der Waals surface area contributed by atoms with Gasteiger partial charge in [-0.05, 0) is 43.9 Å². The maximum Gasteiger partial charge on any atom is 0.337 e. The molecule has 0 spiro atoms. The number of carboxylic acid groups (broad SMARTS) is 1. The number of carbonyl (C=O) groups is 2. The monoisotopic (exact) mass is 275 g/mol. The lowest BCUT2D eigenvalue weighted by atomic mass is 10.0. The van der Waals surface area contributed by atoms with Crippen LogP contribution in [0, 0.1) is 0 Å². The van der Waals surface area contributed by atoms with E-state index in [1.165, 1.54) is 12.5 Å². The number of benzene rings is 1. The number of aromatic carboxylic acids is 1. The van der Waals surface area contributed by atoms with Crippen molar-refractivity contribution in [1.29, 1.82) is 0 Å². The van der Waals surface area contributed by atoms with E-state index in [2.05, 4.69) is 4.90 Å². The molecule has 0 radical (unpaired) electrons. The Hall–Kier alpha value is -1.84. The molecular weight excluding hydrogens is 254 g/mol. The number of rotatable bonds is 5. The van der Waals surface area contributed by atoms with E-state index in [1.54, 1.807) is 12.1 Å². The minimum atomic E-state index is -0.961. The van der Waals surface area contributed by atoms with Crippen LogP contribution in [0.15, 0.2) is 18.2 Å². The first-order valence-electron chi connectivity index (χ1n) is 7.29. The number of ketones is 1. The minimum absolute atomic E-state index is 0.0141. The molecule has 0 saturated carbocycles. The Labute approximate surface area is 119 Å². The minimum Gasteiger partial charge on any atom is -0.478 e. The Morgan fingerprint density at radius 1 is 1.20 bits per heavy atom. The van der Waals surface area contributed by atoms with Gasteiger partial charge in [-0.15, -0.1) is 0 Å². The molecule has 1 aromatic carbocycles. The van der Waals surface area contributed by atoms with Gasteiger partial charge < -0.3 is 10.0 Å². The second-order valence-electron chi connectivity index (χ2n) is 5.26. The van der Waals surface area contributed by atoms with Crippen molar-refractivity contribution in [2.45, 2.75) is 39.0 Å². The molecule has 0 atom stereocenters. The predicted molar refractivity (Wildman–Crippen MR) is 78.7 cm³/mol. The summed E-state index contributed by atoms with van der Waals surface area (Å²) in [5.74, 6) is -0.947. The lowest BCUT2D eigenvalue weighted by Crippen LogP contribution is -2.30. The Morgan fingerprint density at radius 3 is 2.50 bits per heavy atom. The van der Waals surface area contributed by atoms with Crippen LogP contribution in [0.2, 0.25) is 0 Å². The first-order valence-corrected chi connectivity index (χ1v) is 7.29. The second kappa shape index (κ2) is 6.55. The highest BCUT2D eigenvalue weighted by Crippen LogP contribution is 2.26. The molecule has 1 fully saturated rings. The molecule has 0 aliphatic carbocycles. The van der Waals surface area contributed by atoms with E-state index in [9.17, 15) is 14.7 Å². The molecule has 4 nitrogen and oxygen atoms in total. The van der Waals surface area contributed by atoms with E-state index in [0.717, 1.165) is 38.0 Å². The SMILES string of the molecule is CCCC(=O)c1ccc(N2CCCCC2)c(C(=O)O)c1. The quantitative estimate of drug-likeness (QED) is 0.837. The highest BCUT2D eigenvalue weighted by molar-refractivity contribution is 6.01. The van der Waals surface area contributed by atoms with Gasteiger partial charge in [0.1, 0.15) is 0 Å². The van der Waals surface area contributed by atoms with Crippen molar-refractivity contribution in [3.8, 4) is 0 Å². The van der Waals surface area contributed by atoms with Gasteiger partial charge in [0.25, 0.3) is 0 Å². The molecule has 1 aliphatic rings. The third kappa shape index (κ3) is 3.18. The fraction of sp³-hybridized carbons (Fsp3) is 0.500. The van der Waals surface area contributed by atoms with Gasteiger partial charge in [-0.1, -0.05) is 6.92 Å². The lowest BCUT2D eigenvalue weighted by Gasteiger charge is -2.30. The van der Waals surface area contributed by atoms with E-state index < -0.39 is 5.97 Å². The Kier molecular flexibility index (Phi) is 4.77. The molecule has 0 aromatic heterocycles.